The van der Waals surface area contributed by atoms with Gasteiger partial charge in [0.1, 0.15) is 28.7 Å². The van der Waals surface area contributed by atoms with Crippen LogP contribution in [0.5, 0.6) is 5.75 Å². The highest BCUT2D eigenvalue weighted by Crippen LogP contribution is 2.37. The van der Waals surface area contributed by atoms with Crippen LogP contribution in [0.15, 0.2) is 72.8 Å². The molecule has 0 atom stereocenters. The molecule has 0 radical (unpaired) electrons. The minimum atomic E-state index is 0.278. The van der Waals surface area contributed by atoms with Gasteiger partial charge in [0.15, 0.2) is 5.82 Å². The van der Waals surface area contributed by atoms with Crippen molar-refractivity contribution in [3.63, 3.8) is 0 Å². The number of ether oxygens (including phenoxy) is 1. The number of nitrogens with zero attached hydrogens (tertiary/aromatic N) is 3. The monoisotopic (exact) mass is 560 g/mol. The highest BCUT2D eigenvalue weighted by molar-refractivity contribution is 7.81. The molecule has 0 saturated carbocycles. The van der Waals surface area contributed by atoms with Crippen LogP contribution in [0.2, 0.25) is 10.0 Å². The van der Waals surface area contributed by atoms with Gasteiger partial charge < -0.3 is 14.6 Å². The Balaban J connectivity index is 1.48. The highest BCUT2D eigenvalue weighted by atomic mass is 35.5. The Hall–Kier alpha value is -3.32. The first-order chi connectivity index (χ1) is 18.5. The number of anilines is 1. The van der Waals surface area contributed by atoms with Crippen molar-refractivity contribution in [1.29, 1.82) is 0 Å². The summed E-state index contributed by atoms with van der Waals surface area (Å²) >= 11 is 18.5. The van der Waals surface area contributed by atoms with Crippen LogP contribution in [0.3, 0.4) is 0 Å². The maximum atomic E-state index is 6.37. The summed E-state index contributed by atoms with van der Waals surface area (Å²) in [4.78, 5) is 0.633. The fourth-order valence-corrected chi connectivity index (χ4v) is 5.95. The zero-order valence-corrected chi connectivity index (χ0v) is 23.2. The van der Waals surface area contributed by atoms with Crippen LogP contribution in [0.4, 0.5) is 5.69 Å². The lowest BCUT2D eigenvalue weighted by Gasteiger charge is -2.12. The van der Waals surface area contributed by atoms with Crippen LogP contribution in [-0.4, -0.2) is 19.2 Å². The minimum Gasteiger partial charge on any atom is -0.484 e. The first-order valence-electron chi connectivity index (χ1n) is 12.6. The fraction of sp³-hybridized carbons (Fsp3) is 0.200. The summed E-state index contributed by atoms with van der Waals surface area (Å²) in [6.45, 7) is 3.21. The zero-order valence-electron chi connectivity index (χ0n) is 20.9. The molecular weight excluding hydrogens is 535 g/mol. The maximum absolute atomic E-state index is 6.37. The standard InChI is InChI=1S/C30H26Cl2N4OS/c1-19-8-7-11-22(16-19)33-29(38)28-27(20-9-3-2-4-10-20)23-12-5-6-15-35-26(34-36(28)30(23)35)18-37-25-14-13-21(31)17-24(25)32/h2-4,7-11,13-14,16-17H,5-6,12,15,18H2,1H3,(H,33,38). The van der Waals surface area contributed by atoms with Crippen LogP contribution in [0.1, 0.15) is 35.5 Å². The topological polar surface area (TPSA) is 43.5 Å². The number of benzene rings is 3. The lowest BCUT2D eigenvalue weighted by molar-refractivity contribution is 0.289. The molecule has 3 aromatic carbocycles. The molecule has 1 N–H and O–H groups in total. The Morgan fingerprint density at radius 2 is 1.87 bits per heavy atom. The van der Waals surface area contributed by atoms with Gasteiger partial charge in [-0.05, 0) is 67.6 Å². The van der Waals surface area contributed by atoms with E-state index in [1.807, 2.05) is 22.7 Å². The first-order valence-corrected chi connectivity index (χ1v) is 13.8. The summed E-state index contributed by atoms with van der Waals surface area (Å²) in [5, 5.41) is 9.59. The van der Waals surface area contributed by atoms with Crippen molar-refractivity contribution in [1.82, 2.24) is 14.2 Å². The largest absolute Gasteiger partial charge is 0.484 e. The Kier molecular flexibility index (Phi) is 6.87. The summed E-state index contributed by atoms with van der Waals surface area (Å²) in [5.41, 5.74) is 7.63. The molecule has 0 unspecified atom stereocenters. The normalized spacial score (nSPS) is 12.9. The Labute approximate surface area is 237 Å². The highest BCUT2D eigenvalue weighted by Gasteiger charge is 2.29. The van der Waals surface area contributed by atoms with Gasteiger partial charge in [0.2, 0.25) is 0 Å². The van der Waals surface area contributed by atoms with E-state index in [9.17, 15) is 0 Å². The number of halogens is 2. The van der Waals surface area contributed by atoms with Crippen molar-refractivity contribution in [3.05, 3.63) is 105 Å². The number of rotatable bonds is 6. The van der Waals surface area contributed by atoms with E-state index in [0.717, 1.165) is 59.8 Å². The second-order valence-corrected chi connectivity index (χ2v) is 10.8. The minimum absolute atomic E-state index is 0.278. The van der Waals surface area contributed by atoms with E-state index in [2.05, 4.69) is 53.2 Å². The molecule has 0 fully saturated rings. The van der Waals surface area contributed by atoms with E-state index >= 15 is 0 Å². The number of hydrogen-bond acceptors (Lipinski definition) is 3. The number of nitrogens with one attached hydrogen (secondary N) is 1. The average molecular weight is 562 g/mol. The lowest BCUT2D eigenvalue weighted by Crippen LogP contribution is -2.15. The SMILES string of the molecule is Cc1cccc(NC(=S)c2c(-c3ccccc3)c3c4n(c(COc5ccc(Cl)cc5Cl)nn24)CCCC3)c1. The molecule has 38 heavy (non-hydrogen) atoms. The summed E-state index contributed by atoms with van der Waals surface area (Å²) in [5.74, 6) is 1.40. The van der Waals surface area contributed by atoms with Gasteiger partial charge in [0.25, 0.3) is 0 Å². The van der Waals surface area contributed by atoms with Crippen LogP contribution >= 0.6 is 35.4 Å². The summed E-state index contributed by atoms with van der Waals surface area (Å²) < 4.78 is 10.4. The van der Waals surface area contributed by atoms with Gasteiger partial charge in [-0.25, -0.2) is 4.52 Å². The van der Waals surface area contributed by atoms with E-state index in [0.29, 0.717) is 20.8 Å². The first kappa shape index (κ1) is 25.0. The number of hydrogen-bond donors (Lipinski definition) is 1. The average Bonchev–Trinajstić information content (AvgIpc) is 3.30. The Bertz CT molecular complexity index is 1660. The summed E-state index contributed by atoms with van der Waals surface area (Å²) in [7, 11) is 0. The number of thiocarbonyl (C=S) groups is 1. The van der Waals surface area contributed by atoms with E-state index in [1.165, 1.54) is 11.1 Å². The van der Waals surface area contributed by atoms with E-state index < -0.39 is 0 Å². The van der Waals surface area contributed by atoms with E-state index in [1.54, 1.807) is 18.2 Å². The molecule has 0 amide bonds. The number of aryl methyl sites for hydroxylation is 3. The summed E-state index contributed by atoms with van der Waals surface area (Å²) in [6, 6.07) is 23.9. The third-order valence-electron chi connectivity index (χ3n) is 6.87. The van der Waals surface area contributed by atoms with Gasteiger partial charge in [-0.1, -0.05) is 77.9 Å². The zero-order chi connectivity index (χ0) is 26.2. The smallest absolute Gasteiger partial charge is 0.169 e. The Morgan fingerprint density at radius 1 is 1.03 bits per heavy atom. The molecule has 2 aromatic heterocycles. The third kappa shape index (κ3) is 4.68. The fourth-order valence-electron chi connectivity index (χ4n) is 5.18. The summed E-state index contributed by atoms with van der Waals surface area (Å²) in [6.07, 6.45) is 3.10. The lowest BCUT2D eigenvalue weighted by atomic mass is 9.98. The Morgan fingerprint density at radius 3 is 2.66 bits per heavy atom. The van der Waals surface area contributed by atoms with Gasteiger partial charge >= 0.3 is 0 Å². The van der Waals surface area contributed by atoms with Crippen LogP contribution in [0, 0.1) is 6.92 Å². The van der Waals surface area contributed by atoms with Crippen LogP contribution in [-0.2, 0) is 19.6 Å². The molecule has 6 rings (SSSR count). The van der Waals surface area contributed by atoms with Gasteiger partial charge in [-0.3, -0.25) is 0 Å². The number of aromatic nitrogens is 3. The van der Waals surface area contributed by atoms with Crippen LogP contribution < -0.4 is 10.1 Å². The van der Waals surface area contributed by atoms with Gasteiger partial charge in [0, 0.05) is 28.4 Å². The maximum Gasteiger partial charge on any atom is 0.169 e. The molecule has 1 aliphatic rings. The second-order valence-electron chi connectivity index (χ2n) is 9.52. The van der Waals surface area contributed by atoms with Gasteiger partial charge in [0.05, 0.1) is 5.02 Å². The molecule has 0 spiro atoms. The van der Waals surface area contributed by atoms with Crippen LogP contribution in [0.25, 0.3) is 16.8 Å². The van der Waals surface area contributed by atoms with E-state index in [4.69, 9.17) is 45.3 Å². The van der Waals surface area contributed by atoms with Crippen molar-refractivity contribution in [2.45, 2.75) is 39.3 Å². The van der Waals surface area contributed by atoms with Crippen molar-refractivity contribution < 1.29 is 4.74 Å². The molecule has 3 heterocycles. The van der Waals surface area contributed by atoms with Crippen molar-refractivity contribution >= 4 is 51.7 Å². The predicted octanol–water partition coefficient (Wildman–Crippen LogP) is 8.12. The van der Waals surface area contributed by atoms with Crippen molar-refractivity contribution in [3.8, 4) is 16.9 Å². The molecule has 0 saturated heterocycles. The predicted molar refractivity (Wildman–Crippen MR) is 159 cm³/mol. The van der Waals surface area contributed by atoms with Crippen molar-refractivity contribution in [2.24, 2.45) is 0 Å². The van der Waals surface area contributed by atoms with Gasteiger partial charge in [-0.2, -0.15) is 0 Å². The molecule has 5 nitrogen and oxygen atoms in total. The van der Waals surface area contributed by atoms with Crippen molar-refractivity contribution in [2.75, 3.05) is 5.32 Å². The molecule has 192 valence electrons. The quantitative estimate of drug-likeness (QED) is 0.213. The molecule has 1 aliphatic heterocycles. The second kappa shape index (κ2) is 10.4. The molecule has 0 aliphatic carbocycles. The van der Waals surface area contributed by atoms with E-state index in [-0.39, 0.29) is 6.61 Å². The third-order valence-corrected chi connectivity index (χ3v) is 7.69. The molecule has 5 aromatic rings. The molecule has 0 bridgehead atoms. The molecular formula is C30H26Cl2N4OS. The molecule has 8 heteroatoms. The van der Waals surface area contributed by atoms with Gasteiger partial charge in [-0.15, -0.1) is 5.10 Å².